The summed E-state index contributed by atoms with van der Waals surface area (Å²) >= 11 is 12.7. The first-order valence-electron chi connectivity index (χ1n) is 10.8. The molecule has 1 atom stereocenters. The SMILES string of the molecule is COC(=O)C1=C(CF)N(C2=CC=CCC2)C(COn2ccnn2)=C(C(=O)O)C1c1cccc(Cl)c1Cl. The molecule has 0 bridgehead atoms. The van der Waals surface area contributed by atoms with Gasteiger partial charge in [0.15, 0.2) is 6.61 Å². The number of allylic oxidation sites excluding steroid dienone is 5. The summed E-state index contributed by atoms with van der Waals surface area (Å²) in [6.45, 7) is -1.43. The number of methoxy groups -OCH3 is 1. The van der Waals surface area contributed by atoms with E-state index in [0.717, 1.165) is 12.0 Å². The fraction of sp³-hybridized carbons (Fsp3) is 0.250. The Bertz CT molecular complexity index is 1300. The number of hydrogen-bond acceptors (Lipinski definition) is 7. The van der Waals surface area contributed by atoms with E-state index in [4.69, 9.17) is 32.8 Å². The molecule has 36 heavy (non-hydrogen) atoms. The predicted octanol–water partition coefficient (Wildman–Crippen LogP) is 4.08. The predicted molar refractivity (Wildman–Crippen MR) is 129 cm³/mol. The van der Waals surface area contributed by atoms with Crippen molar-refractivity contribution >= 4 is 35.1 Å². The van der Waals surface area contributed by atoms with Crippen molar-refractivity contribution in [2.24, 2.45) is 0 Å². The number of nitrogens with zero attached hydrogens (tertiary/aromatic N) is 4. The van der Waals surface area contributed by atoms with Crippen molar-refractivity contribution in [1.29, 1.82) is 0 Å². The zero-order chi connectivity index (χ0) is 25.8. The molecule has 0 saturated heterocycles. The largest absolute Gasteiger partial charge is 0.478 e. The Morgan fingerprint density at radius 3 is 2.67 bits per heavy atom. The number of carboxylic acid groups (broad SMARTS) is 1. The lowest BCUT2D eigenvalue weighted by atomic mass is 9.79. The zero-order valence-electron chi connectivity index (χ0n) is 19.0. The molecule has 2 aromatic rings. The molecule has 2 aliphatic rings. The fourth-order valence-electron chi connectivity index (χ4n) is 4.32. The van der Waals surface area contributed by atoms with E-state index in [2.05, 4.69) is 10.3 Å². The highest BCUT2D eigenvalue weighted by atomic mass is 35.5. The summed E-state index contributed by atoms with van der Waals surface area (Å²) in [6, 6.07) is 4.63. The van der Waals surface area contributed by atoms with E-state index in [0.29, 0.717) is 18.5 Å². The third-order valence-electron chi connectivity index (χ3n) is 5.81. The van der Waals surface area contributed by atoms with Crippen molar-refractivity contribution in [3.63, 3.8) is 0 Å². The maximum atomic E-state index is 14.9. The number of aromatic nitrogens is 3. The standard InChI is InChI=1S/C24H21Cl2FN4O5/c1-35-24(34)21-17(12-27)31(14-6-3-2-4-7-14)18(13-36-30-11-10-28-29-30)20(23(32)33)19(21)15-8-5-9-16(25)22(15)26/h2-3,5-6,8-11,19H,4,7,12-13H2,1H3,(H,32,33). The maximum absolute atomic E-state index is 14.9. The van der Waals surface area contributed by atoms with Crippen molar-refractivity contribution in [2.45, 2.75) is 18.8 Å². The van der Waals surface area contributed by atoms with Gasteiger partial charge in [0.25, 0.3) is 0 Å². The highest BCUT2D eigenvalue weighted by Crippen LogP contribution is 2.47. The van der Waals surface area contributed by atoms with Gasteiger partial charge in [0.05, 0.1) is 58.0 Å². The number of hydrogen-bond donors (Lipinski definition) is 1. The molecular weight excluding hydrogens is 514 g/mol. The van der Waals surface area contributed by atoms with E-state index in [1.54, 1.807) is 18.2 Å². The van der Waals surface area contributed by atoms with E-state index in [-0.39, 0.29) is 44.8 Å². The summed E-state index contributed by atoms with van der Waals surface area (Å²) in [5.74, 6) is -3.54. The van der Waals surface area contributed by atoms with Crippen LogP contribution in [0.1, 0.15) is 24.3 Å². The quantitative estimate of drug-likeness (QED) is 0.504. The van der Waals surface area contributed by atoms with Gasteiger partial charge in [-0.2, -0.15) is 0 Å². The molecule has 1 N–H and O–H groups in total. The fourth-order valence-corrected chi connectivity index (χ4v) is 4.74. The highest BCUT2D eigenvalue weighted by Gasteiger charge is 2.44. The summed E-state index contributed by atoms with van der Waals surface area (Å²) in [5, 5.41) is 18.0. The maximum Gasteiger partial charge on any atom is 0.336 e. The van der Waals surface area contributed by atoms with Crippen LogP contribution in [-0.2, 0) is 14.3 Å². The number of aliphatic carboxylic acids is 1. The molecule has 0 spiro atoms. The molecule has 4 rings (SSSR count). The van der Waals surface area contributed by atoms with E-state index < -0.39 is 24.5 Å². The number of alkyl halides is 1. The summed E-state index contributed by atoms with van der Waals surface area (Å²) in [7, 11) is 1.14. The summed E-state index contributed by atoms with van der Waals surface area (Å²) in [4.78, 5) is 34.1. The highest BCUT2D eigenvalue weighted by molar-refractivity contribution is 6.42. The topological polar surface area (TPSA) is 107 Å². The molecule has 0 fully saturated rings. The Hall–Kier alpha value is -3.63. The first kappa shape index (κ1) is 25.5. The molecule has 1 unspecified atom stereocenters. The van der Waals surface area contributed by atoms with Crippen LogP contribution in [0.3, 0.4) is 0 Å². The number of rotatable bonds is 8. The van der Waals surface area contributed by atoms with Gasteiger partial charge in [-0.05, 0) is 35.8 Å². The van der Waals surface area contributed by atoms with E-state index in [9.17, 15) is 19.1 Å². The lowest BCUT2D eigenvalue weighted by molar-refractivity contribution is -0.136. The Labute approximate surface area is 215 Å². The number of ether oxygens (including phenoxy) is 1. The lowest BCUT2D eigenvalue weighted by Crippen LogP contribution is -2.39. The molecule has 1 aliphatic carbocycles. The molecule has 0 radical (unpaired) electrons. The summed E-state index contributed by atoms with van der Waals surface area (Å²) in [6.07, 6.45) is 9.35. The van der Waals surface area contributed by atoms with E-state index >= 15 is 0 Å². The van der Waals surface area contributed by atoms with E-state index in [1.807, 2.05) is 6.08 Å². The van der Waals surface area contributed by atoms with E-state index in [1.165, 1.54) is 29.4 Å². The molecule has 188 valence electrons. The van der Waals surface area contributed by atoms with Crippen LogP contribution in [0.2, 0.25) is 10.0 Å². The zero-order valence-corrected chi connectivity index (χ0v) is 20.5. The molecule has 9 nitrogen and oxygen atoms in total. The lowest BCUT2D eigenvalue weighted by Gasteiger charge is -2.40. The van der Waals surface area contributed by atoms with Crippen molar-refractivity contribution in [3.8, 4) is 0 Å². The Kier molecular flexibility index (Phi) is 7.76. The van der Waals surface area contributed by atoms with Crippen LogP contribution in [0.5, 0.6) is 0 Å². The van der Waals surface area contributed by atoms with Crippen molar-refractivity contribution in [3.05, 3.63) is 92.7 Å². The Morgan fingerprint density at radius 2 is 2.06 bits per heavy atom. The molecule has 0 saturated carbocycles. The van der Waals surface area contributed by atoms with Gasteiger partial charge < -0.3 is 19.6 Å². The smallest absolute Gasteiger partial charge is 0.336 e. The Balaban J connectivity index is 2.03. The third-order valence-corrected chi connectivity index (χ3v) is 6.64. The van der Waals surface area contributed by atoms with Crippen LogP contribution < -0.4 is 4.84 Å². The third kappa shape index (κ3) is 4.74. The number of benzene rings is 1. The first-order valence-corrected chi connectivity index (χ1v) is 11.6. The minimum absolute atomic E-state index is 0.0346. The van der Waals surface area contributed by atoms with Crippen molar-refractivity contribution in [1.82, 2.24) is 20.1 Å². The second-order valence-electron chi connectivity index (χ2n) is 7.77. The van der Waals surface area contributed by atoms with Crippen molar-refractivity contribution in [2.75, 3.05) is 20.4 Å². The summed E-state index contributed by atoms with van der Waals surface area (Å²) < 4.78 is 19.9. The molecule has 12 heteroatoms. The van der Waals surface area contributed by atoms with Gasteiger partial charge in [0.1, 0.15) is 6.67 Å². The van der Waals surface area contributed by atoms with Gasteiger partial charge in [0.2, 0.25) is 0 Å². The molecule has 1 aliphatic heterocycles. The molecule has 1 aromatic carbocycles. The second kappa shape index (κ2) is 11.0. The van der Waals surface area contributed by atoms with Gasteiger partial charge in [-0.3, -0.25) is 0 Å². The van der Waals surface area contributed by atoms with Crippen LogP contribution >= 0.6 is 23.2 Å². The monoisotopic (exact) mass is 534 g/mol. The summed E-state index contributed by atoms with van der Waals surface area (Å²) in [5.41, 5.74) is 0.378. The number of carboxylic acids is 1. The van der Waals surface area contributed by atoms with Crippen LogP contribution in [0, 0.1) is 0 Å². The Morgan fingerprint density at radius 1 is 1.25 bits per heavy atom. The van der Waals surface area contributed by atoms with Crippen LogP contribution in [0.25, 0.3) is 0 Å². The second-order valence-corrected chi connectivity index (χ2v) is 8.55. The molecule has 1 aromatic heterocycles. The van der Waals surface area contributed by atoms with Gasteiger partial charge in [-0.15, -0.1) is 5.10 Å². The molecular formula is C24H21Cl2FN4O5. The van der Waals surface area contributed by atoms with Crippen LogP contribution in [0.4, 0.5) is 4.39 Å². The molecule has 2 heterocycles. The number of esters is 1. The molecule has 0 amide bonds. The number of carbonyl (C=O) groups is 2. The van der Waals surface area contributed by atoms with Gasteiger partial charge in [-0.25, -0.2) is 14.0 Å². The number of carbonyl (C=O) groups excluding carboxylic acids is 1. The van der Waals surface area contributed by atoms with Gasteiger partial charge >= 0.3 is 11.9 Å². The van der Waals surface area contributed by atoms with Crippen LogP contribution in [-0.4, -0.2) is 57.5 Å². The minimum atomic E-state index is -1.36. The van der Waals surface area contributed by atoms with Crippen LogP contribution in [0.15, 0.2) is 77.1 Å². The van der Waals surface area contributed by atoms with Gasteiger partial charge in [-0.1, -0.05) is 52.3 Å². The normalized spacial score (nSPS) is 17.8. The average molecular weight is 535 g/mol. The first-order chi connectivity index (χ1) is 17.4. The van der Waals surface area contributed by atoms with Gasteiger partial charge in [0, 0.05) is 5.70 Å². The average Bonchev–Trinajstić information content (AvgIpc) is 3.41. The minimum Gasteiger partial charge on any atom is -0.478 e. The van der Waals surface area contributed by atoms with Crippen molar-refractivity contribution < 1.29 is 28.7 Å². The number of halogens is 3.